The zero-order valence-corrected chi connectivity index (χ0v) is 16.8. The molecule has 1 N–H and O–H groups in total. The summed E-state index contributed by atoms with van der Waals surface area (Å²) >= 11 is 1.58. The second-order valence-electron chi connectivity index (χ2n) is 6.31. The van der Waals surface area contributed by atoms with Gasteiger partial charge in [0.25, 0.3) is 0 Å². The first-order valence-electron chi connectivity index (χ1n) is 8.89. The molecule has 1 heterocycles. The molecule has 0 aliphatic rings. The summed E-state index contributed by atoms with van der Waals surface area (Å²) in [6.07, 6.45) is 5.06. The Bertz CT molecular complexity index is 948. The topological polar surface area (TPSA) is 60.5 Å². The molecule has 0 aliphatic heterocycles. The number of ether oxygens (including phenoxy) is 2. The molecule has 5 nitrogen and oxygen atoms in total. The molecule has 0 radical (unpaired) electrons. The van der Waals surface area contributed by atoms with Crippen molar-refractivity contribution in [3.05, 3.63) is 65.7 Å². The number of nitrogens with zero attached hydrogens (tertiary/aromatic N) is 1. The predicted molar refractivity (Wildman–Crippen MR) is 114 cm³/mol. The molecule has 0 saturated carbocycles. The number of rotatable bonds is 7. The zero-order chi connectivity index (χ0) is 19.9. The molecule has 0 unspecified atom stereocenters. The number of amides is 1. The molecular weight excluding hydrogens is 372 g/mol. The van der Waals surface area contributed by atoms with Gasteiger partial charge in [0.05, 0.1) is 13.2 Å². The number of carbonyl (C=O) groups is 1. The minimum atomic E-state index is -0.205. The predicted octanol–water partition coefficient (Wildman–Crippen LogP) is 5.26. The molecule has 6 heteroatoms. The third kappa shape index (κ3) is 5.20. The van der Waals surface area contributed by atoms with Crippen LogP contribution in [0.5, 0.6) is 11.5 Å². The molecule has 3 aromatic rings. The molecule has 1 amide bonds. The van der Waals surface area contributed by atoms with Crippen LogP contribution < -0.4 is 14.8 Å². The maximum Gasteiger partial charge on any atom is 0.248 e. The average molecular weight is 394 g/mol. The van der Waals surface area contributed by atoms with Crippen LogP contribution in [0.15, 0.2) is 60.1 Å². The summed E-state index contributed by atoms with van der Waals surface area (Å²) in [5.74, 6) is 1.11. The van der Waals surface area contributed by atoms with Crippen molar-refractivity contribution in [2.45, 2.75) is 20.0 Å². The van der Waals surface area contributed by atoms with E-state index in [1.807, 2.05) is 61.7 Å². The highest BCUT2D eigenvalue weighted by Gasteiger charge is 2.07. The van der Waals surface area contributed by atoms with E-state index in [4.69, 9.17) is 9.47 Å². The standard InChI is InChI=1S/C22H22N2O3S/c1-15(2)27-19-10-4-16(14-20(19)26-3)5-11-21(25)24-18-8-6-17(7-9-18)22-23-12-13-28-22/h4-15H,1-3H3,(H,24,25)/b11-5+. The van der Waals surface area contributed by atoms with Gasteiger partial charge in [0, 0.05) is 28.9 Å². The summed E-state index contributed by atoms with van der Waals surface area (Å²) in [7, 11) is 1.60. The Morgan fingerprint density at radius 2 is 1.93 bits per heavy atom. The molecule has 144 valence electrons. The number of nitrogens with one attached hydrogen (secondary N) is 1. The van der Waals surface area contributed by atoms with Gasteiger partial charge in [-0.2, -0.15) is 0 Å². The molecule has 1 aromatic heterocycles. The Kier molecular flexibility index (Phi) is 6.45. The highest BCUT2D eigenvalue weighted by Crippen LogP contribution is 2.29. The molecule has 2 aromatic carbocycles. The van der Waals surface area contributed by atoms with E-state index < -0.39 is 0 Å². The van der Waals surface area contributed by atoms with E-state index in [9.17, 15) is 4.79 Å². The minimum absolute atomic E-state index is 0.0584. The molecule has 0 aliphatic carbocycles. The van der Waals surface area contributed by atoms with E-state index in [0.29, 0.717) is 11.5 Å². The van der Waals surface area contributed by atoms with Crippen molar-refractivity contribution in [3.63, 3.8) is 0 Å². The second-order valence-corrected chi connectivity index (χ2v) is 7.21. The van der Waals surface area contributed by atoms with Gasteiger partial charge >= 0.3 is 0 Å². The van der Waals surface area contributed by atoms with Crippen LogP contribution in [0.2, 0.25) is 0 Å². The lowest BCUT2D eigenvalue weighted by molar-refractivity contribution is -0.111. The quantitative estimate of drug-likeness (QED) is 0.556. The molecule has 0 spiro atoms. The fourth-order valence-electron chi connectivity index (χ4n) is 2.56. The largest absolute Gasteiger partial charge is 0.493 e. The van der Waals surface area contributed by atoms with Gasteiger partial charge in [-0.05, 0) is 61.9 Å². The van der Waals surface area contributed by atoms with Gasteiger partial charge in [-0.3, -0.25) is 4.79 Å². The van der Waals surface area contributed by atoms with Crippen LogP contribution in [-0.2, 0) is 4.79 Å². The monoisotopic (exact) mass is 394 g/mol. The Hall–Kier alpha value is -3.12. The van der Waals surface area contributed by atoms with E-state index >= 15 is 0 Å². The van der Waals surface area contributed by atoms with E-state index in [2.05, 4.69) is 10.3 Å². The lowest BCUT2D eigenvalue weighted by Crippen LogP contribution is -2.07. The van der Waals surface area contributed by atoms with Crippen LogP contribution in [0, 0.1) is 0 Å². The second kappa shape index (κ2) is 9.19. The lowest BCUT2D eigenvalue weighted by atomic mass is 10.2. The van der Waals surface area contributed by atoms with Crippen molar-refractivity contribution in [2.24, 2.45) is 0 Å². The zero-order valence-electron chi connectivity index (χ0n) is 16.0. The first kappa shape index (κ1) is 19.6. The molecule has 0 bridgehead atoms. The molecular formula is C22H22N2O3S. The average Bonchev–Trinajstić information content (AvgIpc) is 3.22. The highest BCUT2D eigenvalue weighted by atomic mass is 32.1. The number of anilines is 1. The van der Waals surface area contributed by atoms with E-state index in [1.54, 1.807) is 30.7 Å². The summed E-state index contributed by atoms with van der Waals surface area (Å²) in [5.41, 5.74) is 2.61. The molecule has 0 fully saturated rings. The van der Waals surface area contributed by atoms with Crippen LogP contribution in [-0.4, -0.2) is 24.1 Å². The first-order valence-corrected chi connectivity index (χ1v) is 9.77. The maximum atomic E-state index is 12.2. The maximum absolute atomic E-state index is 12.2. The number of thiazole rings is 1. The van der Waals surface area contributed by atoms with Crippen LogP contribution >= 0.6 is 11.3 Å². The third-order valence-electron chi connectivity index (χ3n) is 3.81. The number of hydrogen-bond donors (Lipinski definition) is 1. The minimum Gasteiger partial charge on any atom is -0.493 e. The summed E-state index contributed by atoms with van der Waals surface area (Å²) in [6, 6.07) is 13.2. The van der Waals surface area contributed by atoms with Crippen molar-refractivity contribution >= 4 is 29.0 Å². The van der Waals surface area contributed by atoms with Crippen molar-refractivity contribution in [1.29, 1.82) is 0 Å². The summed E-state index contributed by atoms with van der Waals surface area (Å²) in [5, 5.41) is 5.74. The number of carbonyl (C=O) groups excluding carboxylic acids is 1. The fraction of sp³-hybridized carbons (Fsp3) is 0.182. The van der Waals surface area contributed by atoms with Gasteiger partial charge in [-0.15, -0.1) is 11.3 Å². The highest BCUT2D eigenvalue weighted by molar-refractivity contribution is 7.13. The Labute approximate surface area is 168 Å². The third-order valence-corrected chi connectivity index (χ3v) is 4.63. The van der Waals surface area contributed by atoms with E-state index in [-0.39, 0.29) is 12.0 Å². The number of methoxy groups -OCH3 is 1. The normalized spacial score (nSPS) is 11.0. The SMILES string of the molecule is COc1cc(/C=C/C(=O)Nc2ccc(-c3nccs3)cc2)ccc1OC(C)C. The molecule has 0 saturated heterocycles. The van der Waals surface area contributed by atoms with Crippen LogP contribution in [0.3, 0.4) is 0 Å². The van der Waals surface area contributed by atoms with Gasteiger partial charge in [0.1, 0.15) is 5.01 Å². The fourth-order valence-corrected chi connectivity index (χ4v) is 3.20. The van der Waals surface area contributed by atoms with Crippen LogP contribution in [0.4, 0.5) is 5.69 Å². The van der Waals surface area contributed by atoms with Crippen LogP contribution in [0.1, 0.15) is 19.4 Å². The first-order chi connectivity index (χ1) is 13.5. The summed E-state index contributed by atoms with van der Waals surface area (Å²) in [6.45, 7) is 3.92. The van der Waals surface area contributed by atoms with Gasteiger partial charge < -0.3 is 14.8 Å². The smallest absolute Gasteiger partial charge is 0.248 e. The summed E-state index contributed by atoms with van der Waals surface area (Å²) in [4.78, 5) is 16.5. The van der Waals surface area contributed by atoms with Crippen LogP contribution in [0.25, 0.3) is 16.6 Å². The van der Waals surface area contributed by atoms with Crippen molar-refractivity contribution in [3.8, 4) is 22.1 Å². The Balaban J connectivity index is 1.63. The number of aromatic nitrogens is 1. The molecule has 3 rings (SSSR count). The van der Waals surface area contributed by atoms with Gasteiger partial charge in [-0.1, -0.05) is 6.07 Å². The Morgan fingerprint density at radius 1 is 1.14 bits per heavy atom. The summed E-state index contributed by atoms with van der Waals surface area (Å²) < 4.78 is 11.1. The lowest BCUT2D eigenvalue weighted by Gasteiger charge is -2.13. The van der Waals surface area contributed by atoms with Crippen molar-refractivity contribution in [1.82, 2.24) is 4.98 Å². The number of benzene rings is 2. The number of hydrogen-bond acceptors (Lipinski definition) is 5. The van der Waals surface area contributed by atoms with Crippen molar-refractivity contribution in [2.75, 3.05) is 12.4 Å². The van der Waals surface area contributed by atoms with E-state index in [1.165, 1.54) is 6.08 Å². The van der Waals surface area contributed by atoms with Gasteiger partial charge in [-0.25, -0.2) is 4.98 Å². The molecule has 28 heavy (non-hydrogen) atoms. The molecule has 0 atom stereocenters. The van der Waals surface area contributed by atoms with E-state index in [0.717, 1.165) is 21.8 Å². The van der Waals surface area contributed by atoms with Gasteiger partial charge in [0.2, 0.25) is 5.91 Å². The Morgan fingerprint density at radius 3 is 2.57 bits per heavy atom. The van der Waals surface area contributed by atoms with Gasteiger partial charge in [0.15, 0.2) is 11.5 Å². The van der Waals surface area contributed by atoms with Crippen molar-refractivity contribution < 1.29 is 14.3 Å².